The maximum Gasteiger partial charge on any atom is 0.407 e. The Kier molecular flexibility index (Phi) is 7.88. The zero-order valence-electron chi connectivity index (χ0n) is 22.2. The number of carbonyl (C=O) groups excluding carboxylic acids is 1. The standard InChI is InChI=1S/C28H38N4O3/c1-18-9-11-20(12-10-18)25-21(16-29-26(33)35-28(6,7)8)23(15-27(3,4)5)31-19(2)22(25)17-34-24-13-14-30-32-24/h9-14H,15-17H2,1-8H3,(H,29,33)(H,30,32). The minimum absolute atomic E-state index is 0.0125. The summed E-state index contributed by atoms with van der Waals surface area (Å²) in [7, 11) is 0. The Hall–Kier alpha value is -3.35. The summed E-state index contributed by atoms with van der Waals surface area (Å²) in [5, 5.41) is 9.78. The summed E-state index contributed by atoms with van der Waals surface area (Å²) in [5.41, 5.74) is 6.52. The number of aromatic nitrogens is 3. The molecule has 0 saturated carbocycles. The molecule has 0 spiro atoms. The summed E-state index contributed by atoms with van der Waals surface area (Å²) in [6.45, 7) is 16.8. The van der Waals surface area contributed by atoms with E-state index in [4.69, 9.17) is 14.5 Å². The van der Waals surface area contributed by atoms with Crippen LogP contribution in [0.25, 0.3) is 11.1 Å². The van der Waals surface area contributed by atoms with Gasteiger partial charge in [-0.05, 0) is 57.6 Å². The fraction of sp³-hybridized carbons (Fsp3) is 0.464. The molecule has 0 bridgehead atoms. The molecule has 35 heavy (non-hydrogen) atoms. The lowest BCUT2D eigenvalue weighted by atomic mass is 9.85. The lowest BCUT2D eigenvalue weighted by Crippen LogP contribution is -2.33. The summed E-state index contributed by atoms with van der Waals surface area (Å²) in [5.74, 6) is 0.589. The van der Waals surface area contributed by atoms with E-state index in [2.05, 4.69) is 67.5 Å². The van der Waals surface area contributed by atoms with Crippen LogP contribution in [0.2, 0.25) is 0 Å². The minimum Gasteiger partial charge on any atom is -0.473 e. The molecule has 0 saturated heterocycles. The molecule has 2 heterocycles. The van der Waals surface area contributed by atoms with Crippen LogP contribution in [0.4, 0.5) is 4.79 Å². The van der Waals surface area contributed by atoms with Crippen LogP contribution in [0.3, 0.4) is 0 Å². The number of alkyl carbamates (subject to hydrolysis) is 1. The van der Waals surface area contributed by atoms with Crippen LogP contribution in [0, 0.1) is 19.3 Å². The van der Waals surface area contributed by atoms with Crippen molar-refractivity contribution in [2.45, 2.75) is 80.6 Å². The van der Waals surface area contributed by atoms with Gasteiger partial charge < -0.3 is 14.8 Å². The predicted molar refractivity (Wildman–Crippen MR) is 138 cm³/mol. The average Bonchev–Trinajstić information content (AvgIpc) is 3.24. The molecule has 0 fully saturated rings. The Morgan fingerprint density at radius 1 is 1.00 bits per heavy atom. The highest BCUT2D eigenvalue weighted by Gasteiger charge is 2.24. The summed E-state index contributed by atoms with van der Waals surface area (Å²) >= 11 is 0. The number of amides is 1. The second-order valence-corrected chi connectivity index (χ2v) is 11.1. The summed E-state index contributed by atoms with van der Waals surface area (Å²) < 4.78 is 11.5. The number of benzene rings is 1. The first-order valence-electron chi connectivity index (χ1n) is 12.0. The van der Waals surface area contributed by atoms with Crippen molar-refractivity contribution in [2.24, 2.45) is 5.41 Å². The van der Waals surface area contributed by atoms with Crippen molar-refractivity contribution < 1.29 is 14.3 Å². The van der Waals surface area contributed by atoms with Gasteiger partial charge >= 0.3 is 6.09 Å². The van der Waals surface area contributed by atoms with Gasteiger partial charge in [0.2, 0.25) is 5.88 Å². The van der Waals surface area contributed by atoms with E-state index in [1.807, 2.05) is 27.7 Å². The normalized spacial score (nSPS) is 11.9. The van der Waals surface area contributed by atoms with Crippen molar-refractivity contribution >= 4 is 6.09 Å². The Morgan fingerprint density at radius 2 is 1.69 bits per heavy atom. The fourth-order valence-electron chi connectivity index (χ4n) is 3.88. The first-order chi connectivity index (χ1) is 16.3. The third kappa shape index (κ3) is 7.57. The van der Waals surface area contributed by atoms with Gasteiger partial charge in [0.15, 0.2) is 0 Å². The third-order valence-corrected chi connectivity index (χ3v) is 5.38. The van der Waals surface area contributed by atoms with E-state index < -0.39 is 11.7 Å². The van der Waals surface area contributed by atoms with Crippen molar-refractivity contribution in [3.05, 3.63) is 64.6 Å². The molecule has 1 aromatic carbocycles. The molecule has 7 nitrogen and oxygen atoms in total. The molecule has 0 aliphatic rings. The van der Waals surface area contributed by atoms with E-state index in [9.17, 15) is 4.79 Å². The first kappa shape index (κ1) is 26.3. The molecule has 3 rings (SSSR count). The maximum atomic E-state index is 12.6. The van der Waals surface area contributed by atoms with Crippen LogP contribution in [-0.2, 0) is 24.3 Å². The number of nitrogens with zero attached hydrogens (tertiary/aromatic N) is 2. The average molecular weight is 479 g/mol. The van der Waals surface area contributed by atoms with Crippen LogP contribution in [0.1, 0.15) is 69.6 Å². The molecule has 188 valence electrons. The van der Waals surface area contributed by atoms with Crippen LogP contribution in [-0.4, -0.2) is 26.9 Å². The number of aryl methyl sites for hydroxylation is 2. The van der Waals surface area contributed by atoms with Gasteiger partial charge in [0, 0.05) is 35.1 Å². The van der Waals surface area contributed by atoms with Crippen molar-refractivity contribution in [1.29, 1.82) is 0 Å². The zero-order valence-corrected chi connectivity index (χ0v) is 22.2. The maximum absolute atomic E-state index is 12.6. The van der Waals surface area contributed by atoms with Gasteiger partial charge in [-0.1, -0.05) is 50.6 Å². The number of hydrogen-bond acceptors (Lipinski definition) is 5. The second kappa shape index (κ2) is 10.5. The van der Waals surface area contributed by atoms with Crippen LogP contribution in [0.5, 0.6) is 5.88 Å². The SMILES string of the molecule is Cc1ccc(-c2c(COc3ccn[nH]3)c(C)nc(CC(C)(C)C)c2CNC(=O)OC(C)(C)C)cc1. The molecule has 0 unspecified atom stereocenters. The number of ether oxygens (including phenoxy) is 2. The number of aromatic amines is 1. The van der Waals surface area contributed by atoms with Gasteiger partial charge in [0.05, 0.1) is 6.20 Å². The van der Waals surface area contributed by atoms with E-state index >= 15 is 0 Å². The van der Waals surface area contributed by atoms with Gasteiger partial charge in [0.25, 0.3) is 0 Å². The molecular weight excluding hydrogens is 440 g/mol. The summed E-state index contributed by atoms with van der Waals surface area (Å²) in [6, 6.07) is 10.2. The van der Waals surface area contributed by atoms with E-state index in [0.717, 1.165) is 40.1 Å². The molecular formula is C28H38N4O3. The monoisotopic (exact) mass is 478 g/mol. The zero-order chi connectivity index (χ0) is 25.8. The van der Waals surface area contributed by atoms with Gasteiger partial charge in [0.1, 0.15) is 12.2 Å². The van der Waals surface area contributed by atoms with Crippen molar-refractivity contribution in [1.82, 2.24) is 20.5 Å². The molecule has 2 N–H and O–H groups in total. The van der Waals surface area contributed by atoms with Crippen molar-refractivity contribution in [3.8, 4) is 17.0 Å². The van der Waals surface area contributed by atoms with Crippen LogP contribution >= 0.6 is 0 Å². The lowest BCUT2D eigenvalue weighted by Gasteiger charge is -2.26. The van der Waals surface area contributed by atoms with Gasteiger partial charge in [-0.3, -0.25) is 4.98 Å². The van der Waals surface area contributed by atoms with E-state index in [1.165, 1.54) is 5.56 Å². The molecule has 0 radical (unpaired) electrons. The molecule has 1 amide bonds. The third-order valence-electron chi connectivity index (χ3n) is 5.38. The van der Waals surface area contributed by atoms with E-state index in [0.29, 0.717) is 19.0 Å². The predicted octanol–water partition coefficient (Wildman–Crippen LogP) is 6.28. The highest BCUT2D eigenvalue weighted by atomic mass is 16.6. The number of hydrogen-bond donors (Lipinski definition) is 2. The lowest BCUT2D eigenvalue weighted by molar-refractivity contribution is 0.0523. The Balaban J connectivity index is 2.12. The Morgan fingerprint density at radius 3 is 2.26 bits per heavy atom. The number of nitrogens with one attached hydrogen (secondary N) is 2. The smallest absolute Gasteiger partial charge is 0.407 e. The van der Waals surface area contributed by atoms with Gasteiger partial charge in [-0.15, -0.1) is 0 Å². The number of rotatable bonds is 7. The molecule has 3 aromatic rings. The molecule has 0 atom stereocenters. The molecule has 0 aliphatic carbocycles. The van der Waals surface area contributed by atoms with E-state index in [-0.39, 0.29) is 5.41 Å². The van der Waals surface area contributed by atoms with Crippen LogP contribution in [0.15, 0.2) is 36.5 Å². The largest absolute Gasteiger partial charge is 0.473 e. The minimum atomic E-state index is -0.577. The van der Waals surface area contributed by atoms with E-state index in [1.54, 1.807) is 12.3 Å². The number of pyridine rings is 1. The van der Waals surface area contributed by atoms with Crippen molar-refractivity contribution in [3.63, 3.8) is 0 Å². The summed E-state index contributed by atoms with van der Waals surface area (Å²) in [6.07, 6.45) is 1.97. The number of H-pyrrole nitrogens is 1. The highest BCUT2D eigenvalue weighted by molar-refractivity contribution is 5.74. The van der Waals surface area contributed by atoms with Crippen LogP contribution < -0.4 is 10.1 Å². The Labute approximate surface area is 208 Å². The Bertz CT molecular complexity index is 1140. The topological polar surface area (TPSA) is 89.1 Å². The molecule has 7 heteroatoms. The molecule has 2 aromatic heterocycles. The molecule has 0 aliphatic heterocycles. The second-order valence-electron chi connectivity index (χ2n) is 11.1. The fourth-order valence-corrected chi connectivity index (χ4v) is 3.88. The number of carbonyl (C=O) groups is 1. The van der Waals surface area contributed by atoms with Crippen molar-refractivity contribution in [2.75, 3.05) is 0 Å². The van der Waals surface area contributed by atoms with Gasteiger partial charge in [-0.2, -0.15) is 5.10 Å². The van der Waals surface area contributed by atoms with Gasteiger partial charge in [-0.25, -0.2) is 9.89 Å². The highest BCUT2D eigenvalue weighted by Crippen LogP contribution is 2.35. The quantitative estimate of drug-likeness (QED) is 0.417. The summed E-state index contributed by atoms with van der Waals surface area (Å²) in [4.78, 5) is 17.6. The first-order valence-corrected chi connectivity index (χ1v) is 12.0.